The first-order chi connectivity index (χ1) is 14.9. The van der Waals surface area contributed by atoms with Crippen LogP contribution >= 0.6 is 0 Å². The van der Waals surface area contributed by atoms with Gasteiger partial charge in [-0.05, 0) is 42.5 Å². The second-order valence-corrected chi connectivity index (χ2v) is 8.29. The van der Waals surface area contributed by atoms with Crippen LogP contribution in [-0.4, -0.2) is 17.9 Å². The molecule has 2 N–H and O–H groups in total. The third-order valence-corrected chi connectivity index (χ3v) is 5.41. The first kappa shape index (κ1) is 22.3. The van der Waals surface area contributed by atoms with Crippen LogP contribution in [0.3, 0.4) is 0 Å². The van der Waals surface area contributed by atoms with Gasteiger partial charge in [0.25, 0.3) is 0 Å². The fraction of sp³-hybridized carbons (Fsp3) is 0.259. The number of aryl methyl sites for hydroxylation is 2. The summed E-state index contributed by atoms with van der Waals surface area (Å²) in [5, 5.41) is 6.00. The fourth-order valence-electron chi connectivity index (χ4n) is 3.72. The highest BCUT2D eigenvalue weighted by atomic mass is 16.2. The molecule has 0 bridgehead atoms. The van der Waals surface area contributed by atoms with Crippen molar-refractivity contribution < 1.29 is 9.59 Å². The third-order valence-electron chi connectivity index (χ3n) is 5.41. The Labute approximate surface area is 184 Å². The van der Waals surface area contributed by atoms with E-state index in [1.54, 1.807) is 0 Å². The van der Waals surface area contributed by atoms with Crippen molar-refractivity contribution in [2.75, 3.05) is 5.32 Å². The Balaban J connectivity index is 1.84. The number of carbonyl (C=O) groups excluding carboxylic acids is 2. The van der Waals surface area contributed by atoms with E-state index in [1.807, 2.05) is 107 Å². The molecule has 0 spiro atoms. The smallest absolute Gasteiger partial charge is 0.247 e. The second-order valence-electron chi connectivity index (χ2n) is 8.29. The molecule has 0 heterocycles. The van der Waals surface area contributed by atoms with Crippen LogP contribution in [0.1, 0.15) is 42.0 Å². The number of rotatable bonds is 7. The molecule has 0 saturated heterocycles. The minimum absolute atomic E-state index is 0.0677. The van der Waals surface area contributed by atoms with E-state index in [-0.39, 0.29) is 17.7 Å². The number of hydrogen-bond donors (Lipinski definition) is 2. The summed E-state index contributed by atoms with van der Waals surface area (Å²) in [6, 6.07) is 24.6. The van der Waals surface area contributed by atoms with E-state index in [1.165, 1.54) is 0 Å². The zero-order valence-corrected chi connectivity index (χ0v) is 18.6. The molecule has 0 aliphatic rings. The number of amides is 2. The molecule has 160 valence electrons. The largest absolute Gasteiger partial charge is 0.343 e. The summed E-state index contributed by atoms with van der Waals surface area (Å²) in [6.45, 7) is 7.86. The predicted molar refractivity (Wildman–Crippen MR) is 126 cm³/mol. The van der Waals surface area contributed by atoms with Crippen molar-refractivity contribution in [2.45, 2.75) is 39.7 Å². The van der Waals surface area contributed by atoms with Crippen LogP contribution in [0.2, 0.25) is 0 Å². The van der Waals surface area contributed by atoms with Gasteiger partial charge in [0.2, 0.25) is 11.8 Å². The van der Waals surface area contributed by atoms with Crippen LogP contribution in [0.5, 0.6) is 0 Å². The average Bonchev–Trinajstić information content (AvgIpc) is 2.75. The van der Waals surface area contributed by atoms with E-state index in [2.05, 4.69) is 10.6 Å². The van der Waals surface area contributed by atoms with Gasteiger partial charge in [0.05, 0.1) is 5.92 Å². The Bertz CT molecular complexity index is 990. The zero-order chi connectivity index (χ0) is 22.4. The highest BCUT2D eigenvalue weighted by molar-refractivity contribution is 5.99. The minimum Gasteiger partial charge on any atom is -0.343 e. The van der Waals surface area contributed by atoms with Gasteiger partial charge in [-0.25, -0.2) is 0 Å². The lowest BCUT2D eigenvalue weighted by atomic mass is 9.89. The summed E-state index contributed by atoms with van der Waals surface area (Å²) in [4.78, 5) is 26.5. The lowest BCUT2D eigenvalue weighted by Crippen LogP contribution is -2.48. The van der Waals surface area contributed by atoms with Gasteiger partial charge in [0, 0.05) is 5.69 Å². The summed E-state index contributed by atoms with van der Waals surface area (Å²) in [5.41, 5.74) is 4.68. The predicted octanol–water partition coefficient (Wildman–Crippen LogP) is 5.21. The second kappa shape index (κ2) is 10.1. The number of anilines is 1. The minimum atomic E-state index is -0.650. The van der Waals surface area contributed by atoms with E-state index < -0.39 is 12.0 Å². The molecule has 4 heteroatoms. The maximum absolute atomic E-state index is 13.4. The molecule has 0 unspecified atom stereocenters. The Morgan fingerprint density at radius 3 is 1.77 bits per heavy atom. The molecule has 0 aliphatic heterocycles. The fourth-order valence-corrected chi connectivity index (χ4v) is 3.72. The molecule has 0 radical (unpaired) electrons. The van der Waals surface area contributed by atoms with Gasteiger partial charge in [-0.1, -0.05) is 92.2 Å². The Morgan fingerprint density at radius 2 is 1.29 bits per heavy atom. The Hall–Kier alpha value is -3.40. The third kappa shape index (κ3) is 5.60. The molecule has 3 aromatic rings. The van der Waals surface area contributed by atoms with Crippen LogP contribution in [0, 0.1) is 19.8 Å². The maximum Gasteiger partial charge on any atom is 0.247 e. The average molecular weight is 415 g/mol. The first-order valence-electron chi connectivity index (χ1n) is 10.6. The van der Waals surface area contributed by atoms with E-state index in [9.17, 15) is 9.59 Å². The molecular weight excluding hydrogens is 384 g/mol. The molecule has 3 aromatic carbocycles. The summed E-state index contributed by atoms with van der Waals surface area (Å²) in [7, 11) is 0. The maximum atomic E-state index is 13.4. The molecule has 3 rings (SSSR count). The monoisotopic (exact) mass is 414 g/mol. The van der Waals surface area contributed by atoms with Gasteiger partial charge in [0.1, 0.15) is 6.04 Å². The van der Waals surface area contributed by atoms with Gasteiger partial charge in [-0.15, -0.1) is 0 Å². The quantitative estimate of drug-likeness (QED) is 0.557. The summed E-state index contributed by atoms with van der Waals surface area (Å²) in [5.74, 6) is -0.957. The van der Waals surface area contributed by atoms with E-state index in [4.69, 9.17) is 0 Å². The van der Waals surface area contributed by atoms with Gasteiger partial charge < -0.3 is 10.6 Å². The van der Waals surface area contributed by atoms with Crippen molar-refractivity contribution in [3.63, 3.8) is 0 Å². The van der Waals surface area contributed by atoms with Gasteiger partial charge in [0.15, 0.2) is 0 Å². The molecule has 4 nitrogen and oxygen atoms in total. The summed E-state index contributed by atoms with van der Waals surface area (Å²) in [6.07, 6.45) is 0. The topological polar surface area (TPSA) is 58.2 Å². The summed E-state index contributed by atoms with van der Waals surface area (Å²) < 4.78 is 0. The lowest BCUT2D eigenvalue weighted by Gasteiger charge is -2.25. The van der Waals surface area contributed by atoms with Crippen molar-refractivity contribution in [1.82, 2.24) is 5.32 Å². The molecular formula is C27H30N2O2. The van der Waals surface area contributed by atoms with Crippen molar-refractivity contribution in [1.29, 1.82) is 0 Å². The highest BCUT2D eigenvalue weighted by Gasteiger charge is 2.29. The summed E-state index contributed by atoms with van der Waals surface area (Å²) >= 11 is 0. The number of nitrogens with one attached hydrogen (secondary N) is 2. The van der Waals surface area contributed by atoms with E-state index >= 15 is 0 Å². The van der Waals surface area contributed by atoms with Crippen LogP contribution in [0.4, 0.5) is 5.69 Å². The lowest BCUT2D eigenvalue weighted by molar-refractivity contribution is -0.127. The number of benzene rings is 3. The molecule has 1 atom stereocenters. The Kier molecular flexibility index (Phi) is 7.24. The SMILES string of the molecule is Cc1ccc(NC(=O)[C@H](NC(=O)C(c2ccccc2)c2ccccc2)C(C)C)c(C)c1. The molecule has 0 aromatic heterocycles. The molecule has 2 amide bonds. The Morgan fingerprint density at radius 1 is 0.742 bits per heavy atom. The number of hydrogen-bond acceptors (Lipinski definition) is 2. The van der Waals surface area contributed by atoms with Crippen LogP contribution in [0.25, 0.3) is 0 Å². The van der Waals surface area contributed by atoms with Gasteiger partial charge in [-0.3, -0.25) is 9.59 Å². The molecule has 31 heavy (non-hydrogen) atoms. The van der Waals surface area contributed by atoms with Crippen LogP contribution in [0.15, 0.2) is 78.9 Å². The van der Waals surface area contributed by atoms with Crippen molar-refractivity contribution in [3.05, 3.63) is 101 Å². The van der Waals surface area contributed by atoms with Gasteiger partial charge >= 0.3 is 0 Å². The van der Waals surface area contributed by atoms with Crippen molar-refractivity contribution in [2.24, 2.45) is 5.92 Å². The highest BCUT2D eigenvalue weighted by Crippen LogP contribution is 2.25. The first-order valence-corrected chi connectivity index (χ1v) is 10.6. The molecule has 0 aliphatic carbocycles. The standard InChI is InChI=1S/C27H30N2O2/c1-18(2)25(27(31)28-23-16-15-19(3)17-20(23)4)29-26(30)24(21-11-7-5-8-12-21)22-13-9-6-10-14-22/h5-18,24-25H,1-4H3,(H,28,31)(H,29,30)/t25-/m1/s1. The van der Waals surface area contributed by atoms with E-state index in [0.29, 0.717) is 0 Å². The van der Waals surface area contributed by atoms with E-state index in [0.717, 1.165) is 27.9 Å². The van der Waals surface area contributed by atoms with Crippen LogP contribution in [-0.2, 0) is 9.59 Å². The molecule has 0 fully saturated rings. The van der Waals surface area contributed by atoms with Crippen molar-refractivity contribution in [3.8, 4) is 0 Å². The number of carbonyl (C=O) groups is 2. The van der Waals surface area contributed by atoms with Gasteiger partial charge in [-0.2, -0.15) is 0 Å². The normalized spacial score (nSPS) is 11.9. The van der Waals surface area contributed by atoms with Crippen molar-refractivity contribution >= 4 is 17.5 Å². The van der Waals surface area contributed by atoms with Crippen LogP contribution < -0.4 is 10.6 Å². The zero-order valence-electron chi connectivity index (χ0n) is 18.6. The molecule has 0 saturated carbocycles.